The number of oxime groups is 1. The van der Waals surface area contributed by atoms with Crippen molar-refractivity contribution < 1.29 is 19.1 Å². The van der Waals surface area contributed by atoms with Gasteiger partial charge < -0.3 is 19.6 Å². The van der Waals surface area contributed by atoms with Crippen molar-refractivity contribution in [2.75, 3.05) is 19.5 Å². The zero-order valence-corrected chi connectivity index (χ0v) is 15.5. The third-order valence-corrected chi connectivity index (χ3v) is 4.58. The normalized spacial score (nSPS) is 15.6. The Balaban J connectivity index is 1.52. The van der Waals surface area contributed by atoms with Crippen molar-refractivity contribution in [2.45, 2.75) is 12.5 Å². The molecule has 1 aromatic heterocycles. The average Bonchev–Trinajstić information content (AvgIpc) is 3.24. The number of carbonyl (C=O) groups is 1. The van der Waals surface area contributed by atoms with Crippen LogP contribution in [-0.4, -0.2) is 36.9 Å². The number of ether oxygens (including phenoxy) is 2. The number of nitrogens with one attached hydrogen (secondary N) is 1. The summed E-state index contributed by atoms with van der Waals surface area (Å²) in [4.78, 5) is 22.4. The number of carbonyl (C=O) groups excluding carboxylic acids is 1. The summed E-state index contributed by atoms with van der Waals surface area (Å²) in [5.74, 6) is 1.05. The Bertz CT molecular complexity index is 1060. The van der Waals surface area contributed by atoms with Gasteiger partial charge in [0.15, 0.2) is 0 Å². The zero-order valence-electron chi connectivity index (χ0n) is 15.5. The van der Waals surface area contributed by atoms with E-state index in [1.807, 2.05) is 36.4 Å². The average molecular weight is 377 g/mol. The summed E-state index contributed by atoms with van der Waals surface area (Å²) in [6, 6.07) is 14.7. The second kappa shape index (κ2) is 7.56. The highest BCUT2D eigenvalue weighted by molar-refractivity contribution is 6.09. The maximum Gasteiger partial charge on any atom is 0.268 e. The van der Waals surface area contributed by atoms with Crippen LogP contribution in [0, 0.1) is 0 Å². The minimum absolute atomic E-state index is 0.267. The fourth-order valence-electron chi connectivity index (χ4n) is 3.14. The van der Waals surface area contributed by atoms with Gasteiger partial charge in [-0.3, -0.25) is 9.78 Å². The van der Waals surface area contributed by atoms with Crippen molar-refractivity contribution in [3.63, 3.8) is 0 Å². The van der Waals surface area contributed by atoms with Crippen molar-refractivity contribution >= 4 is 28.2 Å². The van der Waals surface area contributed by atoms with E-state index < -0.39 is 6.10 Å². The van der Waals surface area contributed by atoms with Crippen LogP contribution in [-0.2, 0) is 9.63 Å². The van der Waals surface area contributed by atoms with Crippen LogP contribution in [0.4, 0.5) is 5.69 Å². The minimum atomic E-state index is -0.724. The topological polar surface area (TPSA) is 82.0 Å². The quantitative estimate of drug-likeness (QED) is 0.737. The number of methoxy groups -OCH3 is 2. The van der Waals surface area contributed by atoms with Crippen LogP contribution in [0.25, 0.3) is 10.9 Å². The number of amides is 1. The molecule has 1 amide bonds. The molecule has 1 atom stereocenters. The number of pyridine rings is 1. The number of hydrogen-bond acceptors (Lipinski definition) is 6. The molecule has 0 radical (unpaired) electrons. The van der Waals surface area contributed by atoms with Crippen molar-refractivity contribution in [3.05, 3.63) is 60.3 Å². The molecule has 0 fully saturated rings. The monoisotopic (exact) mass is 377 g/mol. The fraction of sp³-hybridized carbons (Fsp3) is 0.190. The molecule has 0 bridgehead atoms. The molecule has 28 heavy (non-hydrogen) atoms. The van der Waals surface area contributed by atoms with Crippen LogP contribution in [0.5, 0.6) is 11.5 Å². The summed E-state index contributed by atoms with van der Waals surface area (Å²) in [7, 11) is 3.17. The second-order valence-electron chi connectivity index (χ2n) is 6.27. The lowest BCUT2D eigenvalue weighted by atomic mass is 10.0. The third kappa shape index (κ3) is 3.34. The Kier molecular flexibility index (Phi) is 4.80. The van der Waals surface area contributed by atoms with E-state index in [9.17, 15) is 4.79 Å². The molecule has 0 saturated carbocycles. The number of benzene rings is 2. The van der Waals surface area contributed by atoms with E-state index in [1.165, 1.54) is 0 Å². The lowest BCUT2D eigenvalue weighted by Crippen LogP contribution is -2.28. The van der Waals surface area contributed by atoms with Gasteiger partial charge in [-0.15, -0.1) is 0 Å². The molecule has 0 aliphatic carbocycles. The number of fused-ring (bicyclic) bond motifs is 1. The number of aromatic nitrogens is 1. The highest BCUT2D eigenvalue weighted by Gasteiger charge is 2.30. The molecule has 4 rings (SSSR count). The molecule has 1 aliphatic heterocycles. The van der Waals surface area contributed by atoms with Crippen LogP contribution >= 0.6 is 0 Å². The summed E-state index contributed by atoms with van der Waals surface area (Å²) >= 11 is 0. The van der Waals surface area contributed by atoms with Gasteiger partial charge in [0.05, 0.1) is 31.1 Å². The number of rotatable bonds is 5. The van der Waals surface area contributed by atoms with Crippen molar-refractivity contribution in [1.82, 2.24) is 4.98 Å². The summed E-state index contributed by atoms with van der Waals surface area (Å²) in [6.45, 7) is 0. The van der Waals surface area contributed by atoms with Crippen LogP contribution in [0.1, 0.15) is 12.0 Å². The van der Waals surface area contributed by atoms with E-state index >= 15 is 0 Å². The Morgan fingerprint density at radius 2 is 2.04 bits per heavy atom. The molecule has 3 aromatic rings. The Labute approximate surface area is 161 Å². The molecular formula is C21H19N3O4. The van der Waals surface area contributed by atoms with Crippen LogP contribution < -0.4 is 14.8 Å². The molecule has 1 unspecified atom stereocenters. The summed E-state index contributed by atoms with van der Waals surface area (Å²) in [5, 5.41) is 7.89. The van der Waals surface area contributed by atoms with E-state index in [-0.39, 0.29) is 5.91 Å². The van der Waals surface area contributed by atoms with Crippen LogP contribution in [0.3, 0.4) is 0 Å². The van der Waals surface area contributed by atoms with Gasteiger partial charge in [0.2, 0.25) is 6.10 Å². The Morgan fingerprint density at radius 3 is 2.86 bits per heavy atom. The molecular weight excluding hydrogens is 358 g/mol. The first-order valence-electron chi connectivity index (χ1n) is 8.79. The Morgan fingerprint density at radius 1 is 1.14 bits per heavy atom. The standard InChI is InChI=1S/C21H19N3O4/c1-26-13-8-9-19(27-2)15(11-13)18-12-20(28-24-18)21(25)23-17-7-3-6-16-14(17)5-4-10-22-16/h3-11,20H,12H2,1-2H3,(H,23,25). The first-order chi connectivity index (χ1) is 13.7. The second-order valence-corrected chi connectivity index (χ2v) is 6.27. The van der Waals surface area contributed by atoms with Gasteiger partial charge in [0.25, 0.3) is 5.91 Å². The van der Waals surface area contributed by atoms with E-state index in [0.717, 1.165) is 16.5 Å². The number of hydrogen-bond donors (Lipinski definition) is 1. The number of anilines is 1. The van der Waals surface area contributed by atoms with Crippen molar-refractivity contribution in [3.8, 4) is 11.5 Å². The highest BCUT2D eigenvalue weighted by atomic mass is 16.6. The largest absolute Gasteiger partial charge is 0.497 e. The predicted octanol–water partition coefficient (Wildman–Crippen LogP) is 3.38. The lowest BCUT2D eigenvalue weighted by molar-refractivity contribution is -0.125. The molecule has 2 aromatic carbocycles. The summed E-state index contributed by atoms with van der Waals surface area (Å²) < 4.78 is 10.7. The number of nitrogens with zero attached hydrogens (tertiary/aromatic N) is 2. The van der Waals surface area contributed by atoms with Gasteiger partial charge >= 0.3 is 0 Å². The van der Waals surface area contributed by atoms with E-state index in [0.29, 0.717) is 29.3 Å². The van der Waals surface area contributed by atoms with E-state index in [4.69, 9.17) is 14.3 Å². The molecule has 1 aliphatic rings. The van der Waals surface area contributed by atoms with Gasteiger partial charge in [0, 0.05) is 23.6 Å². The maximum atomic E-state index is 12.7. The molecule has 1 N–H and O–H groups in total. The molecule has 7 nitrogen and oxygen atoms in total. The van der Waals surface area contributed by atoms with E-state index in [1.54, 1.807) is 32.5 Å². The van der Waals surface area contributed by atoms with E-state index in [2.05, 4.69) is 15.5 Å². The molecule has 2 heterocycles. The lowest BCUT2D eigenvalue weighted by Gasteiger charge is -2.12. The minimum Gasteiger partial charge on any atom is -0.497 e. The third-order valence-electron chi connectivity index (χ3n) is 4.58. The van der Waals surface area contributed by atoms with Gasteiger partial charge in [-0.1, -0.05) is 11.2 Å². The van der Waals surface area contributed by atoms with Gasteiger partial charge in [-0.25, -0.2) is 0 Å². The first kappa shape index (κ1) is 17.8. The summed E-state index contributed by atoms with van der Waals surface area (Å²) in [5.41, 5.74) is 2.87. The highest BCUT2D eigenvalue weighted by Crippen LogP contribution is 2.29. The van der Waals surface area contributed by atoms with Gasteiger partial charge in [0.1, 0.15) is 11.5 Å². The molecule has 0 spiro atoms. The van der Waals surface area contributed by atoms with Gasteiger partial charge in [-0.2, -0.15) is 0 Å². The van der Waals surface area contributed by atoms with Gasteiger partial charge in [-0.05, 0) is 42.5 Å². The fourth-order valence-corrected chi connectivity index (χ4v) is 3.14. The maximum absolute atomic E-state index is 12.7. The smallest absolute Gasteiger partial charge is 0.268 e. The first-order valence-corrected chi connectivity index (χ1v) is 8.79. The predicted molar refractivity (Wildman–Crippen MR) is 106 cm³/mol. The SMILES string of the molecule is COc1ccc(OC)c(C2=NOC(C(=O)Nc3cccc4ncccc34)C2)c1. The summed E-state index contributed by atoms with van der Waals surface area (Å²) in [6.07, 6.45) is 1.33. The van der Waals surface area contributed by atoms with Crippen molar-refractivity contribution in [2.24, 2.45) is 5.16 Å². The molecule has 0 saturated heterocycles. The van der Waals surface area contributed by atoms with Crippen molar-refractivity contribution in [1.29, 1.82) is 0 Å². The Hall–Kier alpha value is -3.61. The molecule has 142 valence electrons. The zero-order chi connectivity index (χ0) is 19.5. The van der Waals surface area contributed by atoms with Crippen LogP contribution in [0.15, 0.2) is 59.9 Å². The molecule has 7 heteroatoms. The van der Waals surface area contributed by atoms with Crippen LogP contribution in [0.2, 0.25) is 0 Å².